The fourth-order valence-corrected chi connectivity index (χ4v) is 3.18. The topological polar surface area (TPSA) is 103 Å². The van der Waals surface area contributed by atoms with Gasteiger partial charge < -0.3 is 10.8 Å². The molecular weight excluding hydrogens is 497 g/mol. The minimum absolute atomic E-state index is 0.0190. The minimum atomic E-state index is -4.71. The third kappa shape index (κ3) is 5.27. The van der Waals surface area contributed by atoms with Crippen LogP contribution in [0.1, 0.15) is 16.8 Å². The first-order valence-corrected chi connectivity index (χ1v) is 9.89. The van der Waals surface area contributed by atoms with Gasteiger partial charge in [0.25, 0.3) is 0 Å². The summed E-state index contributed by atoms with van der Waals surface area (Å²) in [6.07, 6.45) is -0.967. The number of pyridine rings is 1. The maximum Gasteiger partial charge on any atom is 0.417 e. The van der Waals surface area contributed by atoms with Crippen LogP contribution in [0, 0.1) is 11.6 Å². The van der Waals surface area contributed by atoms with Crippen molar-refractivity contribution in [3.8, 4) is 0 Å². The summed E-state index contributed by atoms with van der Waals surface area (Å²) in [7, 11) is 0. The van der Waals surface area contributed by atoms with E-state index in [0.717, 1.165) is 35.4 Å². The molecule has 3 aromatic rings. The van der Waals surface area contributed by atoms with Crippen molar-refractivity contribution in [3.63, 3.8) is 0 Å². The summed E-state index contributed by atoms with van der Waals surface area (Å²) >= 11 is 0. The largest absolute Gasteiger partial charge is 0.417 e. The van der Waals surface area contributed by atoms with Gasteiger partial charge in [-0.2, -0.15) is 22.0 Å². The molecule has 0 saturated heterocycles. The number of benzene rings is 1. The third-order valence-electron chi connectivity index (χ3n) is 5.11. The van der Waals surface area contributed by atoms with E-state index in [2.05, 4.69) is 27.1 Å². The molecule has 0 amide bonds. The number of tetrazole rings is 1. The highest BCUT2D eigenvalue weighted by molar-refractivity contribution is 5.72. The fraction of sp³-hybridized carbons (Fsp3) is 0.182. The average Bonchev–Trinajstić information content (AvgIpc) is 3.31. The molecule has 7 nitrogen and oxygen atoms in total. The number of hydrogen-bond acceptors (Lipinski definition) is 6. The molecule has 0 aliphatic carbocycles. The van der Waals surface area contributed by atoms with E-state index in [-0.39, 0.29) is 11.1 Å². The Labute approximate surface area is 199 Å². The van der Waals surface area contributed by atoms with E-state index < -0.39 is 52.7 Å². The predicted octanol–water partition coefficient (Wildman–Crippen LogP) is 4.00. The Morgan fingerprint density at radius 3 is 2.33 bits per heavy atom. The van der Waals surface area contributed by atoms with Crippen molar-refractivity contribution in [2.45, 2.75) is 24.2 Å². The summed E-state index contributed by atoms with van der Waals surface area (Å²) < 4.78 is 98.4. The highest BCUT2D eigenvalue weighted by Crippen LogP contribution is 2.46. The van der Waals surface area contributed by atoms with Gasteiger partial charge in [0, 0.05) is 24.0 Å². The summed E-state index contributed by atoms with van der Waals surface area (Å²) in [4.78, 5) is 3.61. The van der Waals surface area contributed by atoms with E-state index in [1.165, 1.54) is 0 Å². The molecule has 2 heterocycles. The van der Waals surface area contributed by atoms with Crippen LogP contribution < -0.4 is 5.73 Å². The van der Waals surface area contributed by atoms with E-state index in [0.29, 0.717) is 30.5 Å². The quantitative estimate of drug-likeness (QED) is 0.348. The highest BCUT2D eigenvalue weighted by Gasteiger charge is 2.58. The Morgan fingerprint density at radius 2 is 1.81 bits per heavy atom. The van der Waals surface area contributed by atoms with Gasteiger partial charge in [-0.25, -0.2) is 13.5 Å². The van der Waals surface area contributed by atoms with E-state index in [4.69, 9.17) is 5.73 Å². The van der Waals surface area contributed by atoms with E-state index >= 15 is 8.78 Å². The van der Waals surface area contributed by atoms with Crippen molar-refractivity contribution >= 4 is 5.57 Å². The second kappa shape index (κ2) is 9.89. The number of nitrogens with zero attached hydrogens (tertiary/aromatic N) is 5. The van der Waals surface area contributed by atoms with Gasteiger partial charge in [0.2, 0.25) is 0 Å². The van der Waals surface area contributed by atoms with Crippen LogP contribution in [-0.2, 0) is 18.1 Å². The van der Waals surface area contributed by atoms with Crippen LogP contribution >= 0.6 is 0 Å². The van der Waals surface area contributed by atoms with Crippen molar-refractivity contribution < 1.29 is 35.8 Å². The van der Waals surface area contributed by atoms with Gasteiger partial charge in [0.15, 0.2) is 5.60 Å². The number of rotatable bonds is 8. The van der Waals surface area contributed by atoms with Crippen LogP contribution in [0.2, 0.25) is 0 Å². The molecular formula is C22H17F7N6O. The maximum atomic E-state index is 15.7. The molecule has 1 atom stereocenters. The van der Waals surface area contributed by atoms with Gasteiger partial charge >= 0.3 is 12.1 Å². The van der Waals surface area contributed by atoms with Crippen LogP contribution in [0.25, 0.3) is 5.57 Å². The fourth-order valence-electron chi connectivity index (χ4n) is 3.18. The van der Waals surface area contributed by atoms with Gasteiger partial charge in [0.1, 0.15) is 23.7 Å². The molecule has 0 radical (unpaired) electrons. The number of allylic oxidation sites excluding steroid dienone is 4. The molecule has 3 rings (SSSR count). The van der Waals surface area contributed by atoms with Crippen LogP contribution in [0.3, 0.4) is 0 Å². The molecule has 2 aromatic heterocycles. The summed E-state index contributed by atoms with van der Waals surface area (Å²) in [5.41, 5.74) is -1.45. The summed E-state index contributed by atoms with van der Waals surface area (Å²) in [5.74, 6) is -6.80. The summed E-state index contributed by atoms with van der Waals surface area (Å²) in [6, 6.07) is 3.53. The Kier molecular flexibility index (Phi) is 7.29. The summed E-state index contributed by atoms with van der Waals surface area (Å²) in [6.45, 7) is 2.52. The Morgan fingerprint density at radius 1 is 1.08 bits per heavy atom. The van der Waals surface area contributed by atoms with E-state index in [9.17, 15) is 27.1 Å². The highest BCUT2D eigenvalue weighted by atomic mass is 19.4. The Balaban J connectivity index is 1.98. The van der Waals surface area contributed by atoms with Crippen LogP contribution in [0.4, 0.5) is 30.7 Å². The lowest BCUT2D eigenvalue weighted by atomic mass is 9.84. The van der Waals surface area contributed by atoms with Crippen molar-refractivity contribution in [2.24, 2.45) is 5.73 Å². The Hall–Kier alpha value is -4.07. The number of halogens is 7. The molecule has 14 heteroatoms. The average molecular weight is 514 g/mol. The number of aliphatic hydroxyl groups is 1. The van der Waals surface area contributed by atoms with Gasteiger partial charge in [-0.3, -0.25) is 4.98 Å². The molecule has 1 unspecified atom stereocenters. The smallest absolute Gasteiger partial charge is 0.404 e. The molecule has 0 aliphatic heterocycles. The van der Waals surface area contributed by atoms with Gasteiger partial charge in [-0.05, 0) is 45.8 Å². The molecule has 0 fully saturated rings. The predicted molar refractivity (Wildman–Crippen MR) is 113 cm³/mol. The zero-order valence-corrected chi connectivity index (χ0v) is 18.1. The standard InChI is InChI=1S/C22H17F7N6O/c1-13(2-4-15(9-30)22(27,28)29)14-3-7-19(31-10-14)21(25,26)20(36,11-35-12-32-33-34-35)17-6-5-16(23)8-18(17)24/h2-10,12,36H,1,11,30H2/b4-2-,15-9+. The van der Waals surface area contributed by atoms with Crippen molar-refractivity contribution in [1.82, 2.24) is 25.2 Å². The van der Waals surface area contributed by atoms with Crippen LogP contribution in [-0.4, -0.2) is 36.5 Å². The molecule has 36 heavy (non-hydrogen) atoms. The SMILES string of the molecule is C=C(/C=C\C(=C/N)C(F)(F)F)c1ccc(C(F)(F)C(O)(Cn2cnnn2)c2ccc(F)cc2F)nc1. The first-order valence-electron chi connectivity index (χ1n) is 9.89. The first-order chi connectivity index (χ1) is 16.8. The number of nitrogens with two attached hydrogens (primary N) is 1. The number of hydrogen-bond donors (Lipinski definition) is 2. The monoisotopic (exact) mass is 514 g/mol. The van der Waals surface area contributed by atoms with E-state index in [1.54, 1.807) is 0 Å². The molecule has 190 valence electrons. The first kappa shape index (κ1) is 26.5. The van der Waals surface area contributed by atoms with E-state index in [1.807, 2.05) is 0 Å². The summed E-state index contributed by atoms with van der Waals surface area (Å²) in [5, 5.41) is 21.1. The van der Waals surface area contributed by atoms with Gasteiger partial charge in [-0.1, -0.05) is 18.7 Å². The minimum Gasteiger partial charge on any atom is -0.404 e. The molecule has 0 bridgehead atoms. The van der Waals surface area contributed by atoms with Crippen molar-refractivity contribution in [1.29, 1.82) is 0 Å². The second-order valence-electron chi connectivity index (χ2n) is 7.48. The van der Waals surface area contributed by atoms with Gasteiger partial charge in [-0.15, -0.1) is 5.10 Å². The lowest BCUT2D eigenvalue weighted by molar-refractivity contribution is -0.207. The maximum absolute atomic E-state index is 15.7. The van der Waals surface area contributed by atoms with Crippen LogP contribution in [0.5, 0.6) is 0 Å². The number of aromatic nitrogens is 5. The molecule has 0 spiro atoms. The third-order valence-corrected chi connectivity index (χ3v) is 5.11. The number of alkyl halides is 5. The lowest BCUT2D eigenvalue weighted by Gasteiger charge is -2.35. The molecule has 1 aromatic carbocycles. The van der Waals surface area contributed by atoms with Crippen molar-refractivity contribution in [3.05, 3.63) is 102 Å². The zero-order valence-electron chi connectivity index (χ0n) is 18.1. The normalized spacial score (nSPS) is 14.7. The van der Waals surface area contributed by atoms with Crippen LogP contribution in [0.15, 0.2) is 73.4 Å². The zero-order chi connectivity index (χ0) is 26.7. The van der Waals surface area contributed by atoms with Gasteiger partial charge in [0.05, 0.1) is 12.1 Å². The molecule has 3 N–H and O–H groups in total. The second-order valence-corrected chi connectivity index (χ2v) is 7.48. The van der Waals surface area contributed by atoms with Crippen molar-refractivity contribution in [2.75, 3.05) is 0 Å². The Bertz CT molecular complexity index is 1290. The lowest BCUT2D eigenvalue weighted by Crippen LogP contribution is -2.48. The molecule has 0 aliphatic rings. The molecule has 0 saturated carbocycles.